The monoisotopic (exact) mass is 191 g/mol. The van der Waals surface area contributed by atoms with Crippen LogP contribution in [0.4, 0.5) is 13.2 Å². The zero-order valence-corrected chi connectivity index (χ0v) is 6.67. The summed E-state index contributed by atoms with van der Waals surface area (Å²) in [5.41, 5.74) is 4.09. The van der Waals surface area contributed by atoms with Crippen molar-refractivity contribution in [2.75, 3.05) is 6.54 Å². The van der Waals surface area contributed by atoms with Gasteiger partial charge in [-0.2, -0.15) is 13.2 Å². The molecule has 1 aromatic rings. The van der Waals surface area contributed by atoms with Crippen LogP contribution in [0.15, 0.2) is 12.4 Å². The van der Waals surface area contributed by atoms with Crippen LogP contribution in [0, 0.1) is 0 Å². The molecule has 0 aliphatic heterocycles. The third-order valence-electron chi connectivity index (χ3n) is 1.42. The molecule has 0 aliphatic carbocycles. The van der Waals surface area contributed by atoms with E-state index in [1.807, 2.05) is 0 Å². The van der Waals surface area contributed by atoms with E-state index >= 15 is 0 Å². The molecule has 2 N–H and O–H groups in total. The van der Waals surface area contributed by atoms with Gasteiger partial charge in [0.15, 0.2) is 5.69 Å². The molecular weight excluding hydrogens is 183 g/mol. The molecule has 0 aliphatic rings. The Kier molecular flexibility index (Phi) is 2.82. The Bertz CT molecular complexity index is 285. The molecule has 1 heterocycles. The molecule has 0 spiro atoms. The first-order valence-electron chi connectivity index (χ1n) is 3.63. The minimum Gasteiger partial charge on any atom is -0.330 e. The van der Waals surface area contributed by atoms with Crippen LogP contribution in [0.3, 0.4) is 0 Å². The fourth-order valence-corrected chi connectivity index (χ4v) is 0.923. The van der Waals surface area contributed by atoms with Crippen molar-refractivity contribution < 1.29 is 13.2 Å². The Morgan fingerprint density at radius 2 is 1.85 bits per heavy atom. The van der Waals surface area contributed by atoms with Gasteiger partial charge in [-0.1, -0.05) is 0 Å². The van der Waals surface area contributed by atoms with Gasteiger partial charge in [-0.25, -0.2) is 4.98 Å². The molecule has 3 nitrogen and oxygen atoms in total. The number of rotatable bonds is 2. The number of aromatic nitrogens is 2. The van der Waals surface area contributed by atoms with Crippen LogP contribution in [0.1, 0.15) is 11.4 Å². The summed E-state index contributed by atoms with van der Waals surface area (Å²) in [7, 11) is 0. The van der Waals surface area contributed by atoms with E-state index in [9.17, 15) is 13.2 Å². The highest BCUT2D eigenvalue weighted by molar-refractivity contribution is 5.14. The second kappa shape index (κ2) is 3.69. The molecule has 0 radical (unpaired) electrons. The van der Waals surface area contributed by atoms with Crippen LogP contribution in [-0.4, -0.2) is 16.5 Å². The second-order valence-electron chi connectivity index (χ2n) is 2.39. The lowest BCUT2D eigenvalue weighted by molar-refractivity contribution is -0.142. The Hall–Kier alpha value is -1.17. The number of halogens is 3. The molecule has 6 heteroatoms. The lowest BCUT2D eigenvalue weighted by Crippen LogP contribution is -2.15. The highest BCUT2D eigenvalue weighted by Gasteiger charge is 2.35. The highest BCUT2D eigenvalue weighted by atomic mass is 19.4. The van der Waals surface area contributed by atoms with E-state index in [2.05, 4.69) is 9.97 Å². The van der Waals surface area contributed by atoms with Gasteiger partial charge >= 0.3 is 6.18 Å². The molecule has 0 unspecified atom stereocenters. The van der Waals surface area contributed by atoms with Gasteiger partial charge in [0.2, 0.25) is 0 Å². The Labute approximate surface area is 72.8 Å². The summed E-state index contributed by atoms with van der Waals surface area (Å²) in [6.45, 7) is 0.127. The van der Waals surface area contributed by atoms with E-state index in [0.29, 0.717) is 0 Å². The van der Waals surface area contributed by atoms with Crippen LogP contribution in [0.5, 0.6) is 0 Å². The first kappa shape index (κ1) is 9.91. The number of nitrogens with zero attached hydrogens (tertiary/aromatic N) is 2. The summed E-state index contributed by atoms with van der Waals surface area (Å²) in [4.78, 5) is 6.80. The number of hydrogen-bond donors (Lipinski definition) is 1. The van der Waals surface area contributed by atoms with E-state index < -0.39 is 11.9 Å². The maximum absolute atomic E-state index is 12.2. The lowest BCUT2D eigenvalue weighted by Gasteiger charge is -2.08. The second-order valence-corrected chi connectivity index (χ2v) is 2.39. The minimum atomic E-state index is -4.45. The first-order chi connectivity index (χ1) is 6.05. The zero-order chi connectivity index (χ0) is 9.90. The fourth-order valence-electron chi connectivity index (χ4n) is 0.923. The molecule has 1 aromatic heterocycles. The largest absolute Gasteiger partial charge is 0.435 e. The van der Waals surface area contributed by atoms with E-state index in [0.717, 1.165) is 6.20 Å². The van der Waals surface area contributed by atoms with E-state index in [1.165, 1.54) is 6.20 Å². The van der Waals surface area contributed by atoms with Crippen molar-refractivity contribution in [3.63, 3.8) is 0 Å². The van der Waals surface area contributed by atoms with Crippen LogP contribution in [0.25, 0.3) is 0 Å². The van der Waals surface area contributed by atoms with E-state index in [-0.39, 0.29) is 18.7 Å². The third-order valence-corrected chi connectivity index (χ3v) is 1.42. The van der Waals surface area contributed by atoms with Crippen LogP contribution in [0.2, 0.25) is 0 Å². The van der Waals surface area contributed by atoms with Crippen molar-refractivity contribution >= 4 is 0 Å². The van der Waals surface area contributed by atoms with Crippen LogP contribution in [-0.2, 0) is 12.6 Å². The van der Waals surface area contributed by atoms with Crippen molar-refractivity contribution in [3.8, 4) is 0 Å². The SMILES string of the molecule is NCCc1nccnc1C(F)(F)F. The van der Waals surface area contributed by atoms with Crippen LogP contribution < -0.4 is 5.73 Å². The number of hydrogen-bond acceptors (Lipinski definition) is 3. The molecule has 0 saturated heterocycles. The van der Waals surface area contributed by atoms with Gasteiger partial charge in [0.1, 0.15) is 0 Å². The number of alkyl halides is 3. The average molecular weight is 191 g/mol. The zero-order valence-electron chi connectivity index (χ0n) is 6.67. The van der Waals surface area contributed by atoms with Crippen molar-refractivity contribution in [1.82, 2.24) is 9.97 Å². The summed E-state index contributed by atoms with van der Waals surface area (Å²) in [5.74, 6) is 0. The van der Waals surface area contributed by atoms with Gasteiger partial charge < -0.3 is 5.73 Å². The Balaban J connectivity index is 3.05. The fraction of sp³-hybridized carbons (Fsp3) is 0.429. The third kappa shape index (κ3) is 2.38. The summed E-state index contributed by atoms with van der Waals surface area (Å²) >= 11 is 0. The Morgan fingerprint density at radius 3 is 2.38 bits per heavy atom. The van der Waals surface area contributed by atoms with Crippen molar-refractivity contribution in [1.29, 1.82) is 0 Å². The molecule has 13 heavy (non-hydrogen) atoms. The van der Waals surface area contributed by atoms with Gasteiger partial charge in [0.05, 0.1) is 5.69 Å². The van der Waals surface area contributed by atoms with Gasteiger partial charge in [-0.3, -0.25) is 4.98 Å². The molecule has 0 aromatic carbocycles. The van der Waals surface area contributed by atoms with Crippen molar-refractivity contribution in [3.05, 3.63) is 23.8 Å². The van der Waals surface area contributed by atoms with Gasteiger partial charge in [0.25, 0.3) is 0 Å². The summed E-state index contributed by atoms with van der Waals surface area (Å²) in [6, 6.07) is 0. The first-order valence-corrected chi connectivity index (χ1v) is 3.63. The maximum Gasteiger partial charge on any atom is 0.435 e. The average Bonchev–Trinajstić information content (AvgIpc) is 2.04. The predicted octanol–water partition coefficient (Wildman–Crippen LogP) is 0.997. The topological polar surface area (TPSA) is 51.8 Å². The lowest BCUT2D eigenvalue weighted by atomic mass is 10.2. The van der Waals surface area contributed by atoms with Gasteiger partial charge in [-0.15, -0.1) is 0 Å². The molecule has 0 atom stereocenters. The molecule has 0 fully saturated rings. The van der Waals surface area contributed by atoms with Gasteiger partial charge in [-0.05, 0) is 6.54 Å². The Morgan fingerprint density at radius 1 is 1.23 bits per heavy atom. The van der Waals surface area contributed by atoms with E-state index in [4.69, 9.17) is 5.73 Å². The quantitative estimate of drug-likeness (QED) is 0.758. The molecule has 0 amide bonds. The van der Waals surface area contributed by atoms with Crippen molar-refractivity contribution in [2.24, 2.45) is 5.73 Å². The summed E-state index contributed by atoms with van der Waals surface area (Å²) in [6.07, 6.45) is -2.12. The standard InChI is InChI=1S/C7H8F3N3/c8-7(9,10)6-5(1-2-11)12-3-4-13-6/h3-4H,1-2,11H2. The predicted molar refractivity (Wildman–Crippen MR) is 39.8 cm³/mol. The molecule has 0 bridgehead atoms. The number of nitrogens with two attached hydrogens (primary N) is 1. The summed E-state index contributed by atoms with van der Waals surface area (Å²) < 4.78 is 36.7. The smallest absolute Gasteiger partial charge is 0.330 e. The van der Waals surface area contributed by atoms with E-state index in [1.54, 1.807) is 0 Å². The normalized spacial score (nSPS) is 11.7. The molecule has 0 saturated carbocycles. The molecular formula is C7H8F3N3. The summed E-state index contributed by atoms with van der Waals surface area (Å²) in [5, 5.41) is 0. The van der Waals surface area contributed by atoms with Gasteiger partial charge in [0, 0.05) is 18.8 Å². The van der Waals surface area contributed by atoms with Crippen LogP contribution >= 0.6 is 0 Å². The highest BCUT2D eigenvalue weighted by Crippen LogP contribution is 2.29. The van der Waals surface area contributed by atoms with Crippen molar-refractivity contribution in [2.45, 2.75) is 12.6 Å². The minimum absolute atomic E-state index is 0.0860. The molecule has 1 rings (SSSR count). The maximum atomic E-state index is 12.2. The molecule has 72 valence electrons.